The molecule has 0 amide bonds. The van der Waals surface area contributed by atoms with Crippen molar-refractivity contribution >= 4 is 22.6 Å². The average Bonchev–Trinajstić information content (AvgIpc) is 2.29. The van der Waals surface area contributed by atoms with Crippen LogP contribution in [0.2, 0.25) is 0 Å². The molecule has 1 heterocycles. The highest BCUT2D eigenvalue weighted by Crippen LogP contribution is 2.21. The van der Waals surface area contributed by atoms with Crippen LogP contribution in [0.5, 0.6) is 11.6 Å². The summed E-state index contributed by atoms with van der Waals surface area (Å²) < 4.78 is 6.77. The third kappa shape index (κ3) is 3.41. The number of nitrogens with zero attached hydrogens (tertiary/aromatic N) is 1. The van der Waals surface area contributed by atoms with Gasteiger partial charge >= 0.3 is 0 Å². The van der Waals surface area contributed by atoms with Crippen molar-refractivity contribution in [2.45, 2.75) is 13.0 Å². The normalized spacial score (nSPS) is 12.2. The van der Waals surface area contributed by atoms with Crippen LogP contribution in [0.15, 0.2) is 42.6 Å². The lowest BCUT2D eigenvalue weighted by atomic mass is 10.2. The maximum Gasteiger partial charge on any atom is 0.219 e. The van der Waals surface area contributed by atoms with Crippen LogP contribution in [-0.4, -0.2) is 4.98 Å². The number of nitrogens with two attached hydrogens (primary N) is 1. The van der Waals surface area contributed by atoms with Crippen molar-refractivity contribution in [2.75, 3.05) is 0 Å². The summed E-state index contributed by atoms with van der Waals surface area (Å²) in [5.41, 5.74) is 6.75. The van der Waals surface area contributed by atoms with Gasteiger partial charge < -0.3 is 10.5 Å². The van der Waals surface area contributed by atoms with Crippen LogP contribution >= 0.6 is 22.6 Å². The highest BCUT2D eigenvalue weighted by molar-refractivity contribution is 14.1. The van der Waals surface area contributed by atoms with E-state index >= 15 is 0 Å². The molecule has 1 aromatic carbocycles. The number of hydrogen-bond donors (Lipinski definition) is 1. The fourth-order valence-electron chi connectivity index (χ4n) is 1.37. The van der Waals surface area contributed by atoms with Crippen LogP contribution in [0.1, 0.15) is 18.5 Å². The average molecular weight is 340 g/mol. The summed E-state index contributed by atoms with van der Waals surface area (Å²) in [4.78, 5) is 4.22. The van der Waals surface area contributed by atoms with E-state index in [1.807, 2.05) is 43.3 Å². The highest BCUT2D eigenvalue weighted by Gasteiger charge is 2.02. The van der Waals surface area contributed by atoms with Gasteiger partial charge in [0.2, 0.25) is 5.88 Å². The number of pyridine rings is 1. The Balaban J connectivity index is 2.14. The molecule has 1 atom stereocenters. The Hall–Kier alpha value is -1.14. The Morgan fingerprint density at radius 2 is 2.12 bits per heavy atom. The molecule has 0 bridgehead atoms. The summed E-state index contributed by atoms with van der Waals surface area (Å²) in [7, 11) is 0. The third-order valence-corrected chi connectivity index (χ3v) is 2.97. The van der Waals surface area contributed by atoms with Gasteiger partial charge in [0.05, 0.1) is 0 Å². The summed E-state index contributed by atoms with van der Waals surface area (Å²) in [6, 6.07) is 11.6. The van der Waals surface area contributed by atoms with E-state index in [0.717, 1.165) is 14.9 Å². The van der Waals surface area contributed by atoms with Crippen LogP contribution in [0.25, 0.3) is 0 Å². The molecule has 2 aromatic rings. The molecule has 0 spiro atoms. The van der Waals surface area contributed by atoms with Crippen molar-refractivity contribution in [3.63, 3.8) is 0 Å². The van der Waals surface area contributed by atoms with Crippen LogP contribution in [0.4, 0.5) is 0 Å². The van der Waals surface area contributed by atoms with E-state index in [-0.39, 0.29) is 6.04 Å². The van der Waals surface area contributed by atoms with Crippen molar-refractivity contribution in [3.8, 4) is 11.6 Å². The van der Waals surface area contributed by atoms with Gasteiger partial charge in [0.15, 0.2) is 0 Å². The van der Waals surface area contributed by atoms with Gasteiger partial charge in [0.25, 0.3) is 0 Å². The predicted molar refractivity (Wildman–Crippen MR) is 76.1 cm³/mol. The molecule has 88 valence electrons. The van der Waals surface area contributed by atoms with Crippen molar-refractivity contribution < 1.29 is 4.74 Å². The highest BCUT2D eigenvalue weighted by atomic mass is 127. The van der Waals surface area contributed by atoms with Crippen molar-refractivity contribution in [1.82, 2.24) is 4.98 Å². The maximum absolute atomic E-state index is 5.75. The van der Waals surface area contributed by atoms with Gasteiger partial charge in [0, 0.05) is 21.9 Å². The molecule has 0 saturated heterocycles. The van der Waals surface area contributed by atoms with Gasteiger partial charge in [-0.25, -0.2) is 4.98 Å². The summed E-state index contributed by atoms with van der Waals surface area (Å²) in [6.45, 7) is 1.93. The molecule has 0 aliphatic rings. The van der Waals surface area contributed by atoms with Gasteiger partial charge in [0.1, 0.15) is 5.75 Å². The van der Waals surface area contributed by atoms with Gasteiger partial charge in [-0.3, -0.25) is 0 Å². The number of benzene rings is 1. The Bertz CT molecular complexity index is 497. The first-order valence-corrected chi connectivity index (χ1v) is 6.38. The molecule has 0 radical (unpaired) electrons. The van der Waals surface area contributed by atoms with Crippen molar-refractivity contribution in [3.05, 3.63) is 51.7 Å². The number of ether oxygens (including phenoxy) is 1. The van der Waals surface area contributed by atoms with Crippen LogP contribution in [0.3, 0.4) is 0 Å². The van der Waals surface area contributed by atoms with E-state index in [4.69, 9.17) is 10.5 Å². The topological polar surface area (TPSA) is 48.1 Å². The zero-order valence-electron chi connectivity index (χ0n) is 9.43. The van der Waals surface area contributed by atoms with Crippen LogP contribution in [0, 0.1) is 3.57 Å². The van der Waals surface area contributed by atoms with E-state index < -0.39 is 0 Å². The SMILES string of the molecule is CC(N)c1ccc(Oc2cccc(I)c2)nc1. The predicted octanol–water partition coefficient (Wildman–Crippen LogP) is 3.50. The Labute approximate surface area is 114 Å². The van der Waals surface area contributed by atoms with E-state index in [9.17, 15) is 0 Å². The largest absolute Gasteiger partial charge is 0.439 e. The van der Waals surface area contributed by atoms with Crippen molar-refractivity contribution in [2.24, 2.45) is 5.73 Å². The molecule has 1 aromatic heterocycles. The minimum atomic E-state index is -0.00535. The minimum absolute atomic E-state index is 0.00535. The van der Waals surface area contributed by atoms with Gasteiger partial charge in [-0.05, 0) is 53.3 Å². The Morgan fingerprint density at radius 3 is 2.71 bits per heavy atom. The molecule has 1 unspecified atom stereocenters. The minimum Gasteiger partial charge on any atom is -0.439 e. The molecule has 2 rings (SSSR count). The second-order valence-electron chi connectivity index (χ2n) is 3.78. The summed E-state index contributed by atoms with van der Waals surface area (Å²) in [6.07, 6.45) is 1.74. The molecule has 4 heteroatoms. The fourth-order valence-corrected chi connectivity index (χ4v) is 1.89. The van der Waals surface area contributed by atoms with Crippen LogP contribution in [-0.2, 0) is 0 Å². The van der Waals surface area contributed by atoms with Gasteiger partial charge in [-0.2, -0.15) is 0 Å². The molecule has 17 heavy (non-hydrogen) atoms. The number of halogens is 1. The van der Waals surface area contributed by atoms with E-state index in [1.54, 1.807) is 6.20 Å². The third-order valence-electron chi connectivity index (χ3n) is 2.30. The summed E-state index contributed by atoms with van der Waals surface area (Å²) >= 11 is 2.25. The quantitative estimate of drug-likeness (QED) is 0.870. The molecular formula is C13H13IN2O. The van der Waals surface area contributed by atoms with E-state index in [2.05, 4.69) is 27.6 Å². The van der Waals surface area contributed by atoms with Crippen LogP contribution < -0.4 is 10.5 Å². The Kier molecular flexibility index (Phi) is 3.96. The monoisotopic (exact) mass is 340 g/mol. The summed E-state index contributed by atoms with van der Waals surface area (Å²) in [5, 5.41) is 0. The maximum atomic E-state index is 5.75. The standard InChI is InChI=1S/C13H13IN2O/c1-9(15)10-5-6-13(16-8-10)17-12-4-2-3-11(14)7-12/h2-9H,15H2,1H3. The molecule has 0 aliphatic heterocycles. The molecular weight excluding hydrogens is 327 g/mol. The zero-order valence-corrected chi connectivity index (χ0v) is 11.6. The second kappa shape index (κ2) is 5.46. The first-order valence-electron chi connectivity index (χ1n) is 5.30. The van der Waals surface area contributed by atoms with Gasteiger partial charge in [-0.15, -0.1) is 0 Å². The first-order chi connectivity index (χ1) is 8.15. The summed E-state index contributed by atoms with van der Waals surface area (Å²) in [5.74, 6) is 1.37. The smallest absolute Gasteiger partial charge is 0.219 e. The lowest BCUT2D eigenvalue weighted by Crippen LogP contribution is -2.05. The Morgan fingerprint density at radius 1 is 1.29 bits per heavy atom. The number of rotatable bonds is 3. The van der Waals surface area contributed by atoms with Crippen molar-refractivity contribution in [1.29, 1.82) is 0 Å². The van der Waals surface area contributed by atoms with E-state index in [0.29, 0.717) is 5.88 Å². The zero-order chi connectivity index (χ0) is 12.3. The molecule has 2 N–H and O–H groups in total. The molecule has 3 nitrogen and oxygen atoms in total. The molecule has 0 aliphatic carbocycles. The lowest BCUT2D eigenvalue weighted by molar-refractivity contribution is 0.462. The number of aromatic nitrogens is 1. The lowest BCUT2D eigenvalue weighted by Gasteiger charge is -2.07. The van der Waals surface area contributed by atoms with Gasteiger partial charge in [-0.1, -0.05) is 12.1 Å². The number of hydrogen-bond acceptors (Lipinski definition) is 3. The van der Waals surface area contributed by atoms with E-state index in [1.165, 1.54) is 0 Å². The fraction of sp³-hybridized carbons (Fsp3) is 0.154. The first kappa shape index (κ1) is 12.3. The second-order valence-corrected chi connectivity index (χ2v) is 5.02. The molecule has 0 fully saturated rings. The molecule has 0 saturated carbocycles.